The van der Waals surface area contributed by atoms with Crippen molar-refractivity contribution in [3.8, 4) is 11.3 Å². The Labute approximate surface area is 148 Å². The van der Waals surface area contributed by atoms with Gasteiger partial charge in [0.2, 0.25) is 0 Å². The number of benzene rings is 2. The van der Waals surface area contributed by atoms with Crippen LogP contribution in [0.4, 0.5) is 11.4 Å². The average molecular weight is 332 g/mol. The first-order valence-corrected chi connectivity index (χ1v) is 8.71. The molecule has 4 heteroatoms. The zero-order chi connectivity index (χ0) is 17.6. The fourth-order valence-electron chi connectivity index (χ4n) is 3.26. The smallest absolute Gasteiger partial charge is 0.142 e. The van der Waals surface area contributed by atoms with Crippen LogP contribution in [0.15, 0.2) is 54.6 Å². The molecule has 0 fully saturated rings. The summed E-state index contributed by atoms with van der Waals surface area (Å²) >= 11 is 0. The van der Waals surface area contributed by atoms with Gasteiger partial charge in [-0.1, -0.05) is 36.4 Å². The first-order valence-electron chi connectivity index (χ1n) is 8.71. The maximum absolute atomic E-state index is 4.94. The van der Waals surface area contributed by atoms with Crippen molar-refractivity contribution in [2.75, 3.05) is 10.6 Å². The number of nitrogens with one attached hydrogen (secondary N) is 2. The summed E-state index contributed by atoms with van der Waals surface area (Å²) in [4.78, 5) is 0. The fraction of sp³-hybridized carbons (Fsp3) is 0.286. The van der Waals surface area contributed by atoms with Gasteiger partial charge in [-0.25, -0.2) is 0 Å². The zero-order valence-corrected chi connectivity index (χ0v) is 15.2. The first-order chi connectivity index (χ1) is 11.9. The van der Waals surface area contributed by atoms with Crippen molar-refractivity contribution in [1.82, 2.24) is 9.78 Å². The lowest BCUT2D eigenvalue weighted by Gasteiger charge is -2.22. The van der Waals surface area contributed by atoms with E-state index in [-0.39, 0.29) is 11.7 Å². The number of hydrogen-bond donors (Lipinski definition) is 2. The third-order valence-corrected chi connectivity index (χ3v) is 4.50. The minimum Gasteiger partial charge on any atom is -0.359 e. The summed E-state index contributed by atoms with van der Waals surface area (Å²) in [6.07, 6.45) is -0.0112. The molecule has 1 unspecified atom stereocenters. The molecule has 2 N–H and O–H groups in total. The summed E-state index contributed by atoms with van der Waals surface area (Å²) in [5, 5.41) is 12.0. The van der Waals surface area contributed by atoms with Gasteiger partial charge in [0.15, 0.2) is 0 Å². The van der Waals surface area contributed by atoms with E-state index in [9.17, 15) is 0 Å². The molecule has 4 nitrogen and oxygen atoms in total. The SMILES string of the molecule is Cc1ccc2c(c1)NC(c1cc(-c3ccccc3)n(C(C)(C)C)n1)N2. The summed E-state index contributed by atoms with van der Waals surface area (Å²) in [6, 6.07) is 19.1. The van der Waals surface area contributed by atoms with Crippen molar-refractivity contribution >= 4 is 11.4 Å². The lowest BCUT2D eigenvalue weighted by atomic mass is 10.1. The number of rotatable bonds is 2. The Morgan fingerprint density at radius 3 is 2.36 bits per heavy atom. The van der Waals surface area contributed by atoms with Crippen LogP contribution in [0.5, 0.6) is 0 Å². The van der Waals surface area contributed by atoms with Crippen molar-refractivity contribution < 1.29 is 0 Å². The lowest BCUT2D eigenvalue weighted by Crippen LogP contribution is -2.25. The second kappa shape index (κ2) is 5.66. The molecule has 1 aliphatic rings. The van der Waals surface area contributed by atoms with Gasteiger partial charge in [0.1, 0.15) is 11.9 Å². The highest BCUT2D eigenvalue weighted by Crippen LogP contribution is 2.37. The van der Waals surface area contributed by atoms with E-state index in [1.165, 1.54) is 11.1 Å². The Balaban J connectivity index is 1.74. The highest BCUT2D eigenvalue weighted by Gasteiger charge is 2.27. The maximum atomic E-state index is 4.94. The van der Waals surface area contributed by atoms with Crippen LogP contribution < -0.4 is 10.6 Å². The molecule has 1 aliphatic heterocycles. The number of fused-ring (bicyclic) bond motifs is 1. The maximum Gasteiger partial charge on any atom is 0.142 e. The standard InChI is InChI=1S/C21H24N4/c1-14-10-11-16-17(12-14)23-20(22-16)18-13-19(15-8-6-5-7-9-15)25(24-18)21(2,3)4/h5-13,20,22-23H,1-4H3. The van der Waals surface area contributed by atoms with Gasteiger partial charge in [0.05, 0.1) is 22.6 Å². The normalized spacial score (nSPS) is 16.2. The van der Waals surface area contributed by atoms with Gasteiger partial charge in [0, 0.05) is 0 Å². The molecule has 1 atom stereocenters. The quantitative estimate of drug-likeness (QED) is 0.682. The summed E-state index contributed by atoms with van der Waals surface area (Å²) in [6.45, 7) is 8.66. The Morgan fingerprint density at radius 2 is 1.64 bits per heavy atom. The molecule has 3 aromatic rings. The second-order valence-electron chi connectivity index (χ2n) is 7.67. The third kappa shape index (κ3) is 2.88. The lowest BCUT2D eigenvalue weighted by molar-refractivity contribution is 0.357. The fourth-order valence-corrected chi connectivity index (χ4v) is 3.26. The third-order valence-electron chi connectivity index (χ3n) is 4.50. The predicted octanol–water partition coefficient (Wildman–Crippen LogP) is 5.15. The largest absolute Gasteiger partial charge is 0.359 e. The number of aryl methyl sites for hydroxylation is 1. The van der Waals surface area contributed by atoms with Crippen LogP contribution in [-0.4, -0.2) is 9.78 Å². The Morgan fingerprint density at radius 1 is 0.920 bits per heavy atom. The number of anilines is 2. The molecule has 2 aromatic carbocycles. The summed E-state index contributed by atoms with van der Waals surface area (Å²) in [5.41, 5.74) is 6.74. The molecule has 1 aromatic heterocycles. The van der Waals surface area contributed by atoms with E-state index in [4.69, 9.17) is 5.10 Å². The topological polar surface area (TPSA) is 41.9 Å². The van der Waals surface area contributed by atoms with Gasteiger partial charge < -0.3 is 10.6 Å². The van der Waals surface area contributed by atoms with Crippen LogP contribution in [0, 0.1) is 6.92 Å². The van der Waals surface area contributed by atoms with Crippen LogP contribution >= 0.6 is 0 Å². The van der Waals surface area contributed by atoms with Gasteiger partial charge in [-0.2, -0.15) is 5.10 Å². The van der Waals surface area contributed by atoms with Crippen LogP contribution in [0.3, 0.4) is 0 Å². The van der Waals surface area contributed by atoms with Crippen LogP contribution in [-0.2, 0) is 5.54 Å². The minimum atomic E-state index is -0.0918. The molecule has 0 amide bonds. The van der Waals surface area contributed by atoms with Gasteiger partial charge >= 0.3 is 0 Å². The number of nitrogens with zero attached hydrogens (tertiary/aromatic N) is 2. The summed E-state index contributed by atoms with van der Waals surface area (Å²) < 4.78 is 2.12. The molecule has 0 saturated heterocycles. The van der Waals surface area contributed by atoms with E-state index in [0.29, 0.717) is 0 Å². The molecule has 0 spiro atoms. The molecule has 128 valence electrons. The van der Waals surface area contributed by atoms with E-state index in [2.05, 4.69) is 91.5 Å². The molecule has 25 heavy (non-hydrogen) atoms. The Bertz CT molecular complexity index is 903. The van der Waals surface area contributed by atoms with Gasteiger partial charge in [0.25, 0.3) is 0 Å². The molecular formula is C21H24N4. The summed E-state index contributed by atoms with van der Waals surface area (Å²) in [5.74, 6) is 0. The average Bonchev–Trinajstić information content (AvgIpc) is 3.18. The van der Waals surface area contributed by atoms with Gasteiger partial charge in [-0.15, -0.1) is 0 Å². The van der Waals surface area contributed by atoms with Crippen molar-refractivity contribution in [2.45, 2.75) is 39.4 Å². The van der Waals surface area contributed by atoms with Gasteiger partial charge in [-0.05, 0) is 57.0 Å². The van der Waals surface area contributed by atoms with Crippen LogP contribution in [0.1, 0.15) is 38.2 Å². The number of hydrogen-bond acceptors (Lipinski definition) is 3. The molecule has 0 saturated carbocycles. The molecule has 0 bridgehead atoms. The minimum absolute atomic E-state index is 0.0112. The highest BCUT2D eigenvalue weighted by atomic mass is 15.3. The van der Waals surface area contributed by atoms with Crippen LogP contribution in [0.2, 0.25) is 0 Å². The predicted molar refractivity (Wildman–Crippen MR) is 104 cm³/mol. The molecular weight excluding hydrogens is 308 g/mol. The van der Waals surface area contributed by atoms with Crippen molar-refractivity contribution in [2.24, 2.45) is 0 Å². The monoisotopic (exact) mass is 332 g/mol. The van der Waals surface area contributed by atoms with E-state index in [0.717, 1.165) is 22.8 Å². The molecule has 0 aliphatic carbocycles. The van der Waals surface area contributed by atoms with E-state index < -0.39 is 0 Å². The van der Waals surface area contributed by atoms with Crippen molar-refractivity contribution in [3.05, 3.63) is 65.9 Å². The first kappa shape index (κ1) is 15.8. The van der Waals surface area contributed by atoms with Crippen molar-refractivity contribution in [1.29, 1.82) is 0 Å². The zero-order valence-electron chi connectivity index (χ0n) is 15.2. The number of aromatic nitrogens is 2. The molecule has 2 heterocycles. The Hall–Kier alpha value is -2.75. The molecule has 0 radical (unpaired) electrons. The molecule has 4 rings (SSSR count). The van der Waals surface area contributed by atoms with E-state index in [1.807, 2.05) is 6.07 Å². The van der Waals surface area contributed by atoms with Crippen molar-refractivity contribution in [3.63, 3.8) is 0 Å². The Kier molecular flexibility index (Phi) is 3.57. The summed E-state index contributed by atoms with van der Waals surface area (Å²) in [7, 11) is 0. The van der Waals surface area contributed by atoms with Gasteiger partial charge in [-0.3, -0.25) is 4.68 Å². The van der Waals surface area contributed by atoms with E-state index in [1.54, 1.807) is 0 Å². The second-order valence-corrected chi connectivity index (χ2v) is 7.67. The highest BCUT2D eigenvalue weighted by molar-refractivity contribution is 5.76. The van der Waals surface area contributed by atoms with Crippen LogP contribution in [0.25, 0.3) is 11.3 Å². The van der Waals surface area contributed by atoms with E-state index >= 15 is 0 Å².